The van der Waals surface area contributed by atoms with E-state index < -0.39 is 23.7 Å². The number of aliphatic hydroxyl groups is 1. The lowest BCUT2D eigenvalue weighted by Crippen LogP contribution is -2.29. The molecule has 8 heteroatoms. The van der Waals surface area contributed by atoms with Crippen LogP contribution in [0.3, 0.4) is 0 Å². The highest BCUT2D eigenvalue weighted by Gasteiger charge is 2.48. The monoisotopic (exact) mass is 530 g/mol. The van der Waals surface area contributed by atoms with Gasteiger partial charge in [0.25, 0.3) is 5.78 Å². The number of aryl methyl sites for hydroxylation is 3. The van der Waals surface area contributed by atoms with Crippen molar-refractivity contribution in [1.29, 1.82) is 0 Å². The van der Waals surface area contributed by atoms with Gasteiger partial charge in [0, 0.05) is 5.56 Å². The molecule has 2 aromatic carbocycles. The summed E-state index contributed by atoms with van der Waals surface area (Å²) in [5.74, 6) is -2.18. The summed E-state index contributed by atoms with van der Waals surface area (Å²) in [5, 5.41) is 11.7. The zero-order valence-electron chi connectivity index (χ0n) is 22.1. The maximum atomic E-state index is 13.5. The fourth-order valence-corrected chi connectivity index (χ4v) is 5.41. The Labute approximate surface area is 226 Å². The van der Waals surface area contributed by atoms with Crippen LogP contribution in [-0.2, 0) is 14.3 Å². The summed E-state index contributed by atoms with van der Waals surface area (Å²) in [4.78, 5) is 45.5. The van der Waals surface area contributed by atoms with Crippen LogP contribution in [0.2, 0.25) is 0 Å². The number of aromatic nitrogens is 1. The molecule has 4 rings (SSSR count). The number of carbonyl (C=O) groups is 3. The van der Waals surface area contributed by atoms with Crippen LogP contribution in [0.25, 0.3) is 5.76 Å². The minimum absolute atomic E-state index is 0.0235. The van der Waals surface area contributed by atoms with Gasteiger partial charge < -0.3 is 9.84 Å². The lowest BCUT2D eigenvalue weighted by Gasteiger charge is -2.23. The average molecular weight is 531 g/mol. The molecule has 1 aromatic heterocycles. The Morgan fingerprint density at radius 1 is 1.16 bits per heavy atom. The van der Waals surface area contributed by atoms with Crippen LogP contribution in [-0.4, -0.2) is 34.4 Å². The molecular formula is C30H30N2O5S. The molecule has 1 fully saturated rings. The Morgan fingerprint density at radius 3 is 2.47 bits per heavy atom. The first-order valence-corrected chi connectivity index (χ1v) is 13.1. The standard InChI is InChI=1S/C30H30N2O5S/c1-7-14-37-29(36)27-19(6)31-30(38-27)32-24(21-12-10-20(11-13-21)16(2)3)23(26(34)28(32)35)25(33)22-15-17(4)8-9-18(22)5/h7-13,15-16,24,33H,1,14H2,2-6H3. The highest BCUT2D eigenvalue weighted by molar-refractivity contribution is 7.17. The second-order valence-electron chi connectivity index (χ2n) is 9.61. The third-order valence-electron chi connectivity index (χ3n) is 6.52. The van der Waals surface area contributed by atoms with E-state index in [1.54, 1.807) is 13.0 Å². The molecule has 1 aliphatic rings. The third kappa shape index (κ3) is 4.91. The summed E-state index contributed by atoms with van der Waals surface area (Å²) in [6.07, 6.45) is 1.46. The van der Waals surface area contributed by atoms with Gasteiger partial charge in [-0.25, -0.2) is 9.78 Å². The fourth-order valence-electron chi connectivity index (χ4n) is 4.42. The van der Waals surface area contributed by atoms with Gasteiger partial charge >= 0.3 is 11.9 Å². The molecular weight excluding hydrogens is 500 g/mol. The Morgan fingerprint density at radius 2 is 1.84 bits per heavy atom. The molecule has 1 unspecified atom stereocenters. The highest BCUT2D eigenvalue weighted by atomic mass is 32.1. The number of ketones is 1. The van der Waals surface area contributed by atoms with Gasteiger partial charge in [0.05, 0.1) is 17.3 Å². The number of ether oxygens (including phenoxy) is 1. The number of amides is 1. The van der Waals surface area contributed by atoms with Crippen LogP contribution in [0, 0.1) is 20.8 Å². The van der Waals surface area contributed by atoms with Crippen molar-refractivity contribution in [1.82, 2.24) is 4.98 Å². The molecule has 1 saturated heterocycles. The number of carbonyl (C=O) groups excluding carboxylic acids is 3. The van der Waals surface area contributed by atoms with E-state index in [4.69, 9.17) is 4.74 Å². The van der Waals surface area contributed by atoms with E-state index in [2.05, 4.69) is 25.4 Å². The largest absolute Gasteiger partial charge is 0.507 e. The minimum atomic E-state index is -0.932. The summed E-state index contributed by atoms with van der Waals surface area (Å²) < 4.78 is 5.16. The summed E-state index contributed by atoms with van der Waals surface area (Å²) in [5.41, 5.74) is 4.25. The second kappa shape index (κ2) is 10.8. The number of esters is 1. The SMILES string of the molecule is C=CCOC(=O)c1sc(N2C(=O)C(=O)C(=C(O)c3cc(C)ccc3C)C2c2ccc(C(C)C)cc2)nc1C. The van der Waals surface area contributed by atoms with E-state index in [0.717, 1.165) is 28.0 Å². The molecule has 1 amide bonds. The molecule has 1 aliphatic heterocycles. The summed E-state index contributed by atoms with van der Waals surface area (Å²) in [6, 6.07) is 12.2. The van der Waals surface area contributed by atoms with Crippen molar-refractivity contribution in [3.8, 4) is 0 Å². The third-order valence-corrected chi connectivity index (χ3v) is 7.66. The number of anilines is 1. The van der Waals surface area contributed by atoms with Gasteiger partial charge in [0.2, 0.25) is 0 Å². The van der Waals surface area contributed by atoms with E-state index in [9.17, 15) is 19.5 Å². The molecule has 0 bridgehead atoms. The Balaban J connectivity index is 1.92. The van der Waals surface area contributed by atoms with Crippen molar-refractivity contribution in [3.63, 3.8) is 0 Å². The van der Waals surface area contributed by atoms with E-state index in [-0.39, 0.29) is 33.9 Å². The minimum Gasteiger partial charge on any atom is -0.507 e. The number of thiazole rings is 1. The summed E-state index contributed by atoms with van der Waals surface area (Å²) in [6.45, 7) is 13.1. The molecule has 0 aliphatic carbocycles. The quantitative estimate of drug-likeness (QED) is 0.129. The molecule has 3 aromatic rings. The maximum Gasteiger partial charge on any atom is 0.350 e. The molecule has 2 heterocycles. The summed E-state index contributed by atoms with van der Waals surface area (Å²) in [7, 11) is 0. The van der Waals surface area contributed by atoms with E-state index in [1.807, 2.05) is 50.2 Å². The van der Waals surface area contributed by atoms with Gasteiger partial charge in [-0.2, -0.15) is 0 Å². The maximum absolute atomic E-state index is 13.5. The van der Waals surface area contributed by atoms with Crippen molar-refractivity contribution in [3.05, 3.63) is 99.1 Å². The van der Waals surface area contributed by atoms with E-state index >= 15 is 0 Å². The number of benzene rings is 2. The zero-order valence-corrected chi connectivity index (χ0v) is 22.9. The van der Waals surface area contributed by atoms with Crippen molar-refractivity contribution in [2.45, 2.75) is 46.6 Å². The first-order valence-electron chi connectivity index (χ1n) is 12.3. The number of aliphatic hydroxyl groups excluding tert-OH is 1. The predicted molar refractivity (Wildman–Crippen MR) is 149 cm³/mol. The number of hydrogen-bond acceptors (Lipinski definition) is 7. The smallest absolute Gasteiger partial charge is 0.350 e. The first kappa shape index (κ1) is 27.0. The topological polar surface area (TPSA) is 96.8 Å². The van der Waals surface area contributed by atoms with Gasteiger partial charge in [0.15, 0.2) is 5.13 Å². The van der Waals surface area contributed by atoms with Gasteiger partial charge in [-0.05, 0) is 49.4 Å². The van der Waals surface area contributed by atoms with Gasteiger partial charge in [-0.1, -0.05) is 79.8 Å². The van der Waals surface area contributed by atoms with Crippen molar-refractivity contribution >= 4 is 39.9 Å². The molecule has 1 atom stereocenters. The molecule has 0 spiro atoms. The van der Waals surface area contributed by atoms with Crippen LogP contribution in [0.5, 0.6) is 0 Å². The molecule has 0 radical (unpaired) electrons. The Kier molecular flexibility index (Phi) is 7.64. The van der Waals surface area contributed by atoms with Crippen LogP contribution in [0.4, 0.5) is 5.13 Å². The fraction of sp³-hybridized carbons (Fsp3) is 0.267. The molecule has 0 saturated carbocycles. The lowest BCUT2D eigenvalue weighted by atomic mass is 9.92. The highest BCUT2D eigenvalue weighted by Crippen LogP contribution is 2.44. The van der Waals surface area contributed by atoms with Crippen LogP contribution in [0.1, 0.15) is 69.0 Å². The van der Waals surface area contributed by atoms with E-state index in [0.29, 0.717) is 16.8 Å². The average Bonchev–Trinajstić information content (AvgIpc) is 3.40. The lowest BCUT2D eigenvalue weighted by molar-refractivity contribution is -0.132. The molecule has 38 heavy (non-hydrogen) atoms. The number of hydrogen-bond donors (Lipinski definition) is 1. The normalized spacial score (nSPS) is 16.8. The molecule has 1 N–H and O–H groups in total. The second-order valence-corrected chi connectivity index (χ2v) is 10.6. The van der Waals surface area contributed by atoms with Gasteiger partial charge in [-0.3, -0.25) is 14.5 Å². The van der Waals surface area contributed by atoms with Crippen LogP contribution < -0.4 is 4.90 Å². The van der Waals surface area contributed by atoms with Crippen molar-refractivity contribution in [2.24, 2.45) is 0 Å². The molecule has 7 nitrogen and oxygen atoms in total. The molecule has 196 valence electrons. The predicted octanol–water partition coefficient (Wildman–Crippen LogP) is 6.16. The van der Waals surface area contributed by atoms with Crippen molar-refractivity contribution in [2.75, 3.05) is 11.5 Å². The first-order chi connectivity index (χ1) is 18.0. The van der Waals surface area contributed by atoms with Crippen LogP contribution in [0.15, 0.2) is 60.7 Å². The number of rotatable bonds is 7. The Bertz CT molecular complexity index is 1470. The van der Waals surface area contributed by atoms with E-state index in [1.165, 1.54) is 11.0 Å². The zero-order chi connectivity index (χ0) is 27.7. The van der Waals surface area contributed by atoms with Gasteiger partial charge in [0.1, 0.15) is 17.2 Å². The van der Waals surface area contributed by atoms with Gasteiger partial charge in [-0.15, -0.1) is 0 Å². The number of nitrogens with zero attached hydrogens (tertiary/aromatic N) is 2. The Hall–Kier alpha value is -4.04. The number of Topliss-reactive ketones (excluding diaryl/α,β-unsaturated/α-hetero) is 1. The van der Waals surface area contributed by atoms with Crippen molar-refractivity contribution < 1.29 is 24.2 Å². The van der Waals surface area contributed by atoms with Crippen LogP contribution >= 0.6 is 11.3 Å². The summed E-state index contributed by atoms with van der Waals surface area (Å²) >= 11 is 0.971.